The minimum absolute atomic E-state index is 0.637. The molecular weight excluding hydrogens is 242 g/mol. The number of nitrogens with one attached hydrogen (secondary N) is 1. The summed E-state index contributed by atoms with van der Waals surface area (Å²) in [5.74, 6) is 0.814. The highest BCUT2D eigenvalue weighted by Gasteiger charge is 2.21. The van der Waals surface area contributed by atoms with Crippen LogP contribution >= 0.6 is 12.2 Å². The second-order valence-electron chi connectivity index (χ2n) is 6.06. The lowest BCUT2D eigenvalue weighted by Gasteiger charge is -2.33. The summed E-state index contributed by atoms with van der Waals surface area (Å²) >= 11 is 5.51. The van der Waals surface area contributed by atoms with Crippen LogP contribution in [0.15, 0.2) is 0 Å². The number of hydrogen-bond donors (Lipinski definition) is 1. The SMILES string of the molecule is CN1CCC(CN(C)C(=S)NC2CCCC2)CC1. The van der Waals surface area contributed by atoms with Gasteiger partial charge in [0.15, 0.2) is 5.11 Å². The predicted octanol–water partition coefficient (Wildman–Crippen LogP) is 2.08. The summed E-state index contributed by atoms with van der Waals surface area (Å²) in [5, 5.41) is 4.48. The van der Waals surface area contributed by atoms with Crippen molar-refractivity contribution in [3.8, 4) is 0 Å². The largest absolute Gasteiger partial charge is 0.360 e. The number of likely N-dealkylation sites (tertiary alicyclic amines) is 1. The quantitative estimate of drug-likeness (QED) is 0.790. The smallest absolute Gasteiger partial charge is 0.168 e. The molecular formula is C14H27N3S. The lowest BCUT2D eigenvalue weighted by Crippen LogP contribution is -2.45. The maximum Gasteiger partial charge on any atom is 0.168 e. The molecule has 0 amide bonds. The van der Waals surface area contributed by atoms with Crippen LogP contribution < -0.4 is 5.32 Å². The molecule has 2 fully saturated rings. The first kappa shape index (κ1) is 14.1. The molecule has 2 aliphatic rings. The molecule has 0 atom stereocenters. The van der Waals surface area contributed by atoms with Crippen molar-refractivity contribution in [1.82, 2.24) is 15.1 Å². The number of thiocarbonyl (C=S) groups is 1. The van der Waals surface area contributed by atoms with Crippen LogP contribution in [0.5, 0.6) is 0 Å². The van der Waals surface area contributed by atoms with Gasteiger partial charge in [0.25, 0.3) is 0 Å². The molecule has 0 spiro atoms. The lowest BCUT2D eigenvalue weighted by atomic mass is 9.97. The Morgan fingerprint density at radius 1 is 1.22 bits per heavy atom. The van der Waals surface area contributed by atoms with Crippen LogP contribution in [0.1, 0.15) is 38.5 Å². The highest BCUT2D eigenvalue weighted by atomic mass is 32.1. The summed E-state index contributed by atoms with van der Waals surface area (Å²) in [7, 11) is 4.36. The molecule has 104 valence electrons. The van der Waals surface area contributed by atoms with Crippen molar-refractivity contribution in [1.29, 1.82) is 0 Å². The van der Waals surface area contributed by atoms with E-state index in [1.54, 1.807) is 0 Å². The van der Waals surface area contributed by atoms with E-state index in [0.717, 1.165) is 17.6 Å². The molecule has 1 saturated heterocycles. The zero-order valence-electron chi connectivity index (χ0n) is 11.8. The molecule has 3 nitrogen and oxygen atoms in total. The number of nitrogens with zero attached hydrogens (tertiary/aromatic N) is 2. The highest BCUT2D eigenvalue weighted by molar-refractivity contribution is 7.80. The van der Waals surface area contributed by atoms with Crippen molar-refractivity contribution in [3.05, 3.63) is 0 Å². The second kappa shape index (κ2) is 6.71. The number of piperidine rings is 1. The summed E-state index contributed by atoms with van der Waals surface area (Å²) in [6.45, 7) is 3.59. The van der Waals surface area contributed by atoms with Crippen molar-refractivity contribution in [3.63, 3.8) is 0 Å². The van der Waals surface area contributed by atoms with Gasteiger partial charge in [-0.05, 0) is 64.0 Å². The van der Waals surface area contributed by atoms with E-state index in [4.69, 9.17) is 12.2 Å². The van der Waals surface area contributed by atoms with Crippen LogP contribution in [0.25, 0.3) is 0 Å². The third-order valence-corrected chi connectivity index (χ3v) is 4.83. The van der Waals surface area contributed by atoms with Gasteiger partial charge < -0.3 is 15.1 Å². The van der Waals surface area contributed by atoms with Gasteiger partial charge in [-0.1, -0.05) is 12.8 Å². The fourth-order valence-corrected chi connectivity index (χ4v) is 3.31. The van der Waals surface area contributed by atoms with Gasteiger partial charge in [-0.25, -0.2) is 0 Å². The minimum Gasteiger partial charge on any atom is -0.360 e. The van der Waals surface area contributed by atoms with Crippen molar-refractivity contribution in [2.45, 2.75) is 44.6 Å². The Hall–Kier alpha value is -0.350. The number of hydrogen-bond acceptors (Lipinski definition) is 2. The van der Waals surface area contributed by atoms with Gasteiger partial charge >= 0.3 is 0 Å². The van der Waals surface area contributed by atoms with Crippen molar-refractivity contribution in [2.75, 3.05) is 33.7 Å². The van der Waals surface area contributed by atoms with E-state index < -0.39 is 0 Å². The molecule has 18 heavy (non-hydrogen) atoms. The molecule has 2 rings (SSSR count). The molecule has 1 N–H and O–H groups in total. The Morgan fingerprint density at radius 2 is 1.83 bits per heavy atom. The first-order valence-electron chi connectivity index (χ1n) is 7.35. The minimum atomic E-state index is 0.637. The molecule has 0 bridgehead atoms. The second-order valence-corrected chi connectivity index (χ2v) is 6.44. The van der Waals surface area contributed by atoms with Gasteiger partial charge in [0, 0.05) is 19.6 Å². The summed E-state index contributed by atoms with van der Waals surface area (Å²) in [5.41, 5.74) is 0. The normalized spacial score (nSPS) is 23.2. The molecule has 0 unspecified atom stereocenters. The van der Waals surface area contributed by atoms with E-state index in [1.165, 1.54) is 51.6 Å². The van der Waals surface area contributed by atoms with Gasteiger partial charge in [0.05, 0.1) is 0 Å². The van der Waals surface area contributed by atoms with Crippen LogP contribution in [-0.4, -0.2) is 54.7 Å². The van der Waals surface area contributed by atoms with Crippen LogP contribution in [0.2, 0.25) is 0 Å². The first-order valence-corrected chi connectivity index (χ1v) is 7.76. The molecule has 1 aliphatic carbocycles. The van der Waals surface area contributed by atoms with Crippen molar-refractivity contribution in [2.24, 2.45) is 5.92 Å². The standard InChI is InChI=1S/C14H27N3S/c1-16-9-7-12(8-10-16)11-17(2)14(18)15-13-5-3-4-6-13/h12-13H,3-11H2,1-2H3,(H,15,18). The Labute approximate surface area is 117 Å². The van der Waals surface area contributed by atoms with E-state index in [9.17, 15) is 0 Å². The van der Waals surface area contributed by atoms with E-state index >= 15 is 0 Å². The van der Waals surface area contributed by atoms with Crippen molar-refractivity contribution < 1.29 is 0 Å². The fourth-order valence-electron chi connectivity index (χ4n) is 3.07. The van der Waals surface area contributed by atoms with Gasteiger partial charge in [0.2, 0.25) is 0 Å². The van der Waals surface area contributed by atoms with Gasteiger partial charge in [-0.3, -0.25) is 0 Å². The summed E-state index contributed by atoms with van der Waals surface area (Å²) in [6.07, 6.45) is 7.93. The third kappa shape index (κ3) is 4.09. The third-order valence-electron chi connectivity index (χ3n) is 4.40. The summed E-state index contributed by atoms with van der Waals surface area (Å²) in [4.78, 5) is 4.68. The molecule has 0 aromatic carbocycles. The molecule has 0 aromatic rings. The fraction of sp³-hybridized carbons (Fsp3) is 0.929. The molecule has 1 saturated carbocycles. The molecule has 0 radical (unpaired) electrons. The topological polar surface area (TPSA) is 18.5 Å². The van der Waals surface area contributed by atoms with Gasteiger partial charge in [0.1, 0.15) is 0 Å². The highest BCUT2D eigenvalue weighted by Crippen LogP contribution is 2.19. The average Bonchev–Trinajstić information content (AvgIpc) is 2.85. The predicted molar refractivity (Wildman–Crippen MR) is 80.8 cm³/mol. The molecule has 0 aromatic heterocycles. The lowest BCUT2D eigenvalue weighted by molar-refractivity contribution is 0.199. The van der Waals surface area contributed by atoms with E-state index in [-0.39, 0.29) is 0 Å². The van der Waals surface area contributed by atoms with Gasteiger partial charge in [-0.2, -0.15) is 0 Å². The summed E-state index contributed by atoms with van der Waals surface area (Å²) < 4.78 is 0. The zero-order chi connectivity index (χ0) is 13.0. The monoisotopic (exact) mass is 269 g/mol. The zero-order valence-corrected chi connectivity index (χ0v) is 12.6. The van der Waals surface area contributed by atoms with Crippen LogP contribution in [0.3, 0.4) is 0 Å². The Balaban J connectivity index is 1.69. The maximum atomic E-state index is 5.51. The number of rotatable bonds is 3. The maximum absolute atomic E-state index is 5.51. The van der Waals surface area contributed by atoms with Crippen molar-refractivity contribution >= 4 is 17.3 Å². The molecule has 1 heterocycles. The Morgan fingerprint density at radius 3 is 2.44 bits per heavy atom. The average molecular weight is 269 g/mol. The van der Waals surface area contributed by atoms with E-state index in [1.807, 2.05) is 0 Å². The molecule has 4 heteroatoms. The summed E-state index contributed by atoms with van der Waals surface area (Å²) in [6, 6.07) is 0.637. The Kier molecular flexibility index (Phi) is 5.25. The van der Waals surface area contributed by atoms with E-state index in [2.05, 4.69) is 29.2 Å². The van der Waals surface area contributed by atoms with E-state index in [0.29, 0.717) is 6.04 Å². The first-order chi connectivity index (χ1) is 8.65. The van der Waals surface area contributed by atoms with Crippen LogP contribution in [-0.2, 0) is 0 Å². The van der Waals surface area contributed by atoms with Crippen LogP contribution in [0, 0.1) is 5.92 Å². The molecule has 1 aliphatic heterocycles. The van der Waals surface area contributed by atoms with Crippen LogP contribution in [0.4, 0.5) is 0 Å². The Bertz CT molecular complexity index is 268. The van der Waals surface area contributed by atoms with Gasteiger partial charge in [-0.15, -0.1) is 0 Å².